The number of hydrogen-bond donors (Lipinski definition) is 1. The zero-order valence-electron chi connectivity index (χ0n) is 13.0. The fourth-order valence-electron chi connectivity index (χ4n) is 3.22. The number of piperazine rings is 1. The summed E-state index contributed by atoms with van der Waals surface area (Å²) >= 11 is 1.64. The van der Waals surface area contributed by atoms with E-state index >= 15 is 0 Å². The van der Waals surface area contributed by atoms with E-state index in [0.717, 1.165) is 15.3 Å². The van der Waals surface area contributed by atoms with E-state index in [-0.39, 0.29) is 5.91 Å². The number of carbonyl (C=O) groups excluding carboxylic acids is 1. The van der Waals surface area contributed by atoms with Crippen molar-refractivity contribution in [2.75, 3.05) is 37.6 Å². The SMILES string of the molecule is O=C(C1CC(F)(F)CN1)N1CCN(c2nc3ccccc3s2)CC1. The molecule has 0 saturated carbocycles. The van der Waals surface area contributed by atoms with Gasteiger partial charge in [-0.15, -0.1) is 0 Å². The van der Waals surface area contributed by atoms with Gasteiger partial charge in [-0.1, -0.05) is 23.5 Å². The summed E-state index contributed by atoms with van der Waals surface area (Å²) in [6.07, 6.45) is -0.399. The van der Waals surface area contributed by atoms with E-state index in [1.165, 1.54) is 0 Å². The van der Waals surface area contributed by atoms with Gasteiger partial charge < -0.3 is 9.80 Å². The molecule has 0 bridgehead atoms. The number of benzene rings is 1. The molecule has 3 heterocycles. The van der Waals surface area contributed by atoms with Gasteiger partial charge in [-0.25, -0.2) is 13.8 Å². The summed E-state index contributed by atoms with van der Waals surface area (Å²) in [4.78, 5) is 20.8. The van der Waals surface area contributed by atoms with Crippen LogP contribution >= 0.6 is 11.3 Å². The highest BCUT2D eigenvalue weighted by atomic mass is 32.1. The van der Waals surface area contributed by atoms with Crippen LogP contribution < -0.4 is 10.2 Å². The van der Waals surface area contributed by atoms with Crippen molar-refractivity contribution in [1.82, 2.24) is 15.2 Å². The molecule has 2 aliphatic heterocycles. The van der Waals surface area contributed by atoms with E-state index in [9.17, 15) is 13.6 Å². The number of fused-ring (bicyclic) bond motifs is 1. The van der Waals surface area contributed by atoms with Gasteiger partial charge in [0.1, 0.15) is 0 Å². The molecule has 128 valence electrons. The number of thiazole rings is 1. The number of amides is 1. The van der Waals surface area contributed by atoms with E-state index < -0.39 is 24.9 Å². The molecule has 2 aromatic rings. The molecular weight excluding hydrogens is 334 g/mol. The lowest BCUT2D eigenvalue weighted by molar-refractivity contribution is -0.134. The number of anilines is 1. The highest BCUT2D eigenvalue weighted by Crippen LogP contribution is 2.30. The fraction of sp³-hybridized carbons (Fsp3) is 0.500. The quantitative estimate of drug-likeness (QED) is 0.897. The summed E-state index contributed by atoms with van der Waals surface area (Å²) in [5.41, 5.74) is 0.980. The zero-order chi connectivity index (χ0) is 16.7. The molecule has 1 N–H and O–H groups in total. The molecular formula is C16H18F2N4OS. The van der Waals surface area contributed by atoms with Crippen molar-refractivity contribution in [2.45, 2.75) is 18.4 Å². The predicted octanol–water partition coefficient (Wildman–Crippen LogP) is 1.94. The molecule has 1 unspecified atom stereocenters. The van der Waals surface area contributed by atoms with Crippen molar-refractivity contribution in [2.24, 2.45) is 0 Å². The van der Waals surface area contributed by atoms with Gasteiger partial charge in [0.15, 0.2) is 5.13 Å². The third-order valence-electron chi connectivity index (χ3n) is 4.55. The van der Waals surface area contributed by atoms with Gasteiger partial charge in [-0.2, -0.15) is 0 Å². The maximum Gasteiger partial charge on any atom is 0.262 e. The summed E-state index contributed by atoms with van der Waals surface area (Å²) in [6.45, 7) is 2.02. The maximum absolute atomic E-state index is 13.3. The first-order valence-corrected chi connectivity index (χ1v) is 8.84. The van der Waals surface area contributed by atoms with Crippen LogP contribution in [0.3, 0.4) is 0 Å². The minimum atomic E-state index is -2.77. The summed E-state index contributed by atoms with van der Waals surface area (Å²) in [5.74, 6) is -2.99. The first kappa shape index (κ1) is 15.7. The molecule has 0 aliphatic carbocycles. The lowest BCUT2D eigenvalue weighted by Gasteiger charge is -2.35. The fourth-order valence-corrected chi connectivity index (χ4v) is 4.24. The lowest BCUT2D eigenvalue weighted by atomic mass is 10.1. The van der Waals surface area contributed by atoms with Crippen molar-refractivity contribution in [3.8, 4) is 0 Å². The first-order valence-electron chi connectivity index (χ1n) is 8.02. The highest BCUT2D eigenvalue weighted by molar-refractivity contribution is 7.22. The lowest BCUT2D eigenvalue weighted by Crippen LogP contribution is -2.53. The molecule has 2 fully saturated rings. The Balaban J connectivity index is 1.39. The minimum Gasteiger partial charge on any atom is -0.345 e. The number of alkyl halides is 2. The third-order valence-corrected chi connectivity index (χ3v) is 5.65. The third kappa shape index (κ3) is 2.95. The normalized spacial score (nSPS) is 23.8. The molecule has 5 nitrogen and oxygen atoms in total. The Morgan fingerprint density at radius 2 is 2.00 bits per heavy atom. The van der Waals surface area contributed by atoms with Gasteiger partial charge >= 0.3 is 0 Å². The molecule has 2 saturated heterocycles. The van der Waals surface area contributed by atoms with Gasteiger partial charge in [0.2, 0.25) is 5.91 Å². The Kier molecular flexibility index (Phi) is 3.88. The topological polar surface area (TPSA) is 48.5 Å². The van der Waals surface area contributed by atoms with Crippen LogP contribution in [-0.2, 0) is 4.79 Å². The second kappa shape index (κ2) is 5.93. The zero-order valence-corrected chi connectivity index (χ0v) is 13.9. The van der Waals surface area contributed by atoms with Gasteiger partial charge in [0.25, 0.3) is 5.92 Å². The Morgan fingerprint density at radius 3 is 2.67 bits per heavy atom. The number of carbonyl (C=O) groups is 1. The molecule has 1 aromatic carbocycles. The van der Waals surface area contributed by atoms with Crippen molar-refractivity contribution >= 4 is 32.6 Å². The summed E-state index contributed by atoms with van der Waals surface area (Å²) in [6, 6.07) is 7.23. The van der Waals surface area contributed by atoms with Crippen LogP contribution in [0.4, 0.5) is 13.9 Å². The van der Waals surface area contributed by atoms with Crippen LogP contribution in [0.25, 0.3) is 10.2 Å². The van der Waals surface area contributed by atoms with Crippen LogP contribution in [0, 0.1) is 0 Å². The minimum absolute atomic E-state index is 0.212. The van der Waals surface area contributed by atoms with Crippen LogP contribution in [0.5, 0.6) is 0 Å². The molecule has 1 atom stereocenters. The second-order valence-electron chi connectivity index (χ2n) is 6.27. The van der Waals surface area contributed by atoms with Crippen molar-refractivity contribution in [3.63, 3.8) is 0 Å². The van der Waals surface area contributed by atoms with E-state index in [4.69, 9.17) is 0 Å². The van der Waals surface area contributed by atoms with E-state index in [2.05, 4.69) is 15.2 Å². The predicted molar refractivity (Wildman–Crippen MR) is 89.8 cm³/mol. The summed E-state index contributed by atoms with van der Waals surface area (Å²) in [5, 5.41) is 3.59. The van der Waals surface area contributed by atoms with Crippen LogP contribution in [-0.4, -0.2) is 60.5 Å². The highest BCUT2D eigenvalue weighted by Gasteiger charge is 2.43. The molecule has 0 radical (unpaired) electrons. The Labute approximate surface area is 142 Å². The number of aromatic nitrogens is 1. The van der Waals surface area contributed by atoms with E-state index in [0.29, 0.717) is 26.2 Å². The molecule has 4 rings (SSSR count). The van der Waals surface area contributed by atoms with E-state index in [1.54, 1.807) is 16.2 Å². The number of nitrogens with one attached hydrogen (secondary N) is 1. The Morgan fingerprint density at radius 1 is 1.25 bits per heavy atom. The molecule has 1 amide bonds. The monoisotopic (exact) mass is 352 g/mol. The number of rotatable bonds is 2. The first-order chi connectivity index (χ1) is 11.5. The molecule has 2 aliphatic rings. The van der Waals surface area contributed by atoms with Gasteiger partial charge in [-0.3, -0.25) is 10.1 Å². The van der Waals surface area contributed by atoms with Crippen molar-refractivity contribution < 1.29 is 13.6 Å². The van der Waals surface area contributed by atoms with E-state index in [1.807, 2.05) is 24.3 Å². The average Bonchev–Trinajstić information content (AvgIpc) is 3.17. The molecule has 1 aromatic heterocycles. The molecule has 8 heteroatoms. The largest absolute Gasteiger partial charge is 0.345 e. The Bertz CT molecular complexity index is 724. The van der Waals surface area contributed by atoms with Gasteiger partial charge in [0, 0.05) is 32.6 Å². The second-order valence-corrected chi connectivity index (χ2v) is 7.28. The summed E-state index contributed by atoms with van der Waals surface area (Å²) < 4.78 is 27.7. The Hall–Kier alpha value is -1.80. The van der Waals surface area contributed by atoms with Crippen LogP contribution in [0.15, 0.2) is 24.3 Å². The number of nitrogens with zero attached hydrogens (tertiary/aromatic N) is 3. The number of para-hydroxylation sites is 1. The van der Waals surface area contributed by atoms with Crippen molar-refractivity contribution in [3.05, 3.63) is 24.3 Å². The van der Waals surface area contributed by atoms with Crippen LogP contribution in [0.1, 0.15) is 6.42 Å². The van der Waals surface area contributed by atoms with Crippen LogP contribution in [0.2, 0.25) is 0 Å². The molecule has 24 heavy (non-hydrogen) atoms. The van der Waals surface area contributed by atoms with Crippen molar-refractivity contribution in [1.29, 1.82) is 0 Å². The molecule has 0 spiro atoms. The maximum atomic E-state index is 13.3. The average molecular weight is 352 g/mol. The van der Waals surface area contributed by atoms with Gasteiger partial charge in [0.05, 0.1) is 22.8 Å². The number of hydrogen-bond acceptors (Lipinski definition) is 5. The summed E-state index contributed by atoms with van der Waals surface area (Å²) in [7, 11) is 0. The standard InChI is InChI=1S/C16H18F2N4OS/c17-16(18)9-12(19-10-16)14(23)21-5-7-22(8-6-21)15-20-11-3-1-2-4-13(11)24-15/h1-4,12,19H,5-10H2. The smallest absolute Gasteiger partial charge is 0.262 e. The number of halogens is 2. The van der Waals surface area contributed by atoms with Gasteiger partial charge in [-0.05, 0) is 12.1 Å².